The van der Waals surface area contributed by atoms with E-state index >= 15 is 0 Å². The van der Waals surface area contributed by atoms with Gasteiger partial charge in [-0.3, -0.25) is 4.79 Å². The average Bonchev–Trinajstić information content (AvgIpc) is 2.20. The van der Waals surface area contributed by atoms with E-state index in [1.165, 1.54) is 11.0 Å². The SMILES string of the molecule is Cc1ccc(N2CCNCC2=O)c(F)c1.Cl. The van der Waals surface area contributed by atoms with Crippen LogP contribution in [0.25, 0.3) is 0 Å². The highest BCUT2D eigenvalue weighted by Gasteiger charge is 2.21. The molecule has 1 amide bonds. The van der Waals surface area contributed by atoms with E-state index in [0.717, 1.165) is 5.56 Å². The van der Waals surface area contributed by atoms with Crippen molar-refractivity contribution in [1.82, 2.24) is 5.32 Å². The first-order valence-electron chi connectivity index (χ1n) is 4.96. The molecule has 0 aliphatic carbocycles. The highest BCUT2D eigenvalue weighted by atomic mass is 35.5. The van der Waals surface area contributed by atoms with E-state index in [4.69, 9.17) is 0 Å². The molecule has 2 rings (SSSR count). The maximum absolute atomic E-state index is 13.6. The quantitative estimate of drug-likeness (QED) is 0.812. The van der Waals surface area contributed by atoms with Crippen molar-refractivity contribution in [3.05, 3.63) is 29.6 Å². The first-order valence-corrected chi connectivity index (χ1v) is 4.96. The van der Waals surface area contributed by atoms with Crippen molar-refractivity contribution in [2.75, 3.05) is 24.5 Å². The molecule has 0 unspecified atom stereocenters. The minimum absolute atomic E-state index is 0. The van der Waals surface area contributed by atoms with Crippen LogP contribution in [0.1, 0.15) is 5.56 Å². The van der Waals surface area contributed by atoms with Crippen LogP contribution in [0, 0.1) is 12.7 Å². The Bertz CT molecular complexity index is 398. The normalized spacial score (nSPS) is 15.9. The number of benzene rings is 1. The molecule has 3 nitrogen and oxygen atoms in total. The molecule has 0 atom stereocenters. The number of nitrogens with zero attached hydrogens (tertiary/aromatic N) is 1. The second-order valence-electron chi connectivity index (χ2n) is 3.68. The fraction of sp³-hybridized carbons (Fsp3) is 0.364. The van der Waals surface area contributed by atoms with Gasteiger partial charge >= 0.3 is 0 Å². The van der Waals surface area contributed by atoms with Crippen molar-refractivity contribution in [2.45, 2.75) is 6.92 Å². The number of hydrogen-bond donors (Lipinski definition) is 1. The lowest BCUT2D eigenvalue weighted by molar-refractivity contribution is -0.118. The van der Waals surface area contributed by atoms with Gasteiger partial charge in [-0.2, -0.15) is 0 Å². The molecule has 0 radical (unpaired) electrons. The summed E-state index contributed by atoms with van der Waals surface area (Å²) in [5.41, 5.74) is 1.24. The molecule has 1 heterocycles. The van der Waals surface area contributed by atoms with Gasteiger partial charge in [-0.15, -0.1) is 12.4 Å². The van der Waals surface area contributed by atoms with Crippen molar-refractivity contribution in [3.63, 3.8) is 0 Å². The monoisotopic (exact) mass is 244 g/mol. The average molecular weight is 245 g/mol. The Morgan fingerprint density at radius 2 is 2.19 bits per heavy atom. The van der Waals surface area contributed by atoms with Crippen molar-refractivity contribution < 1.29 is 9.18 Å². The van der Waals surface area contributed by atoms with Gasteiger partial charge in [-0.25, -0.2) is 4.39 Å². The maximum Gasteiger partial charge on any atom is 0.241 e. The minimum atomic E-state index is -0.328. The molecule has 1 N–H and O–H groups in total. The second kappa shape index (κ2) is 5.27. The number of anilines is 1. The van der Waals surface area contributed by atoms with E-state index in [0.29, 0.717) is 18.8 Å². The Labute approximate surface area is 100 Å². The number of halogens is 2. The molecule has 1 aliphatic rings. The molecule has 1 saturated heterocycles. The summed E-state index contributed by atoms with van der Waals surface area (Å²) in [6, 6.07) is 4.92. The smallest absolute Gasteiger partial charge is 0.241 e. The summed E-state index contributed by atoms with van der Waals surface area (Å²) in [5, 5.41) is 2.95. The number of aryl methyl sites for hydroxylation is 1. The molecule has 16 heavy (non-hydrogen) atoms. The highest BCUT2D eigenvalue weighted by molar-refractivity contribution is 5.95. The zero-order valence-corrected chi connectivity index (χ0v) is 9.81. The third-order valence-corrected chi connectivity index (χ3v) is 2.48. The van der Waals surface area contributed by atoms with Gasteiger partial charge in [0, 0.05) is 13.1 Å². The molecule has 1 fully saturated rings. The fourth-order valence-corrected chi connectivity index (χ4v) is 1.69. The van der Waals surface area contributed by atoms with E-state index in [9.17, 15) is 9.18 Å². The standard InChI is InChI=1S/C11H13FN2O.ClH/c1-8-2-3-10(9(12)6-8)14-5-4-13-7-11(14)15;/h2-3,6,13H,4-5,7H2,1H3;1H. The third-order valence-electron chi connectivity index (χ3n) is 2.48. The van der Waals surface area contributed by atoms with Gasteiger partial charge in [-0.1, -0.05) is 6.07 Å². The van der Waals surface area contributed by atoms with E-state index < -0.39 is 0 Å². The Morgan fingerprint density at radius 3 is 2.81 bits per heavy atom. The lowest BCUT2D eigenvalue weighted by Crippen LogP contribution is -2.48. The number of rotatable bonds is 1. The zero-order valence-electron chi connectivity index (χ0n) is 9.00. The molecule has 0 bridgehead atoms. The molecule has 0 saturated carbocycles. The van der Waals surface area contributed by atoms with Crippen molar-refractivity contribution >= 4 is 24.0 Å². The molecular formula is C11H14ClFN2O. The first kappa shape index (κ1) is 12.9. The van der Waals surface area contributed by atoms with Crippen LogP contribution in [0.2, 0.25) is 0 Å². The highest BCUT2D eigenvalue weighted by Crippen LogP contribution is 2.20. The van der Waals surface area contributed by atoms with Crippen LogP contribution >= 0.6 is 12.4 Å². The van der Waals surface area contributed by atoms with Gasteiger partial charge in [0.2, 0.25) is 5.91 Å². The molecule has 0 spiro atoms. The molecular weight excluding hydrogens is 231 g/mol. The van der Waals surface area contributed by atoms with Crippen molar-refractivity contribution in [1.29, 1.82) is 0 Å². The van der Waals surface area contributed by atoms with Gasteiger partial charge in [0.25, 0.3) is 0 Å². The van der Waals surface area contributed by atoms with Crippen LogP contribution < -0.4 is 10.2 Å². The van der Waals surface area contributed by atoms with Crippen LogP contribution in [0.3, 0.4) is 0 Å². The maximum atomic E-state index is 13.6. The first-order chi connectivity index (χ1) is 7.18. The third kappa shape index (κ3) is 2.51. The Balaban J connectivity index is 0.00000128. The van der Waals surface area contributed by atoms with Crippen LogP contribution in [0.5, 0.6) is 0 Å². The van der Waals surface area contributed by atoms with Crippen molar-refractivity contribution in [3.8, 4) is 0 Å². The minimum Gasteiger partial charge on any atom is -0.307 e. The van der Waals surface area contributed by atoms with E-state index in [1.807, 2.05) is 13.0 Å². The summed E-state index contributed by atoms with van der Waals surface area (Å²) in [6.07, 6.45) is 0. The predicted octanol–water partition coefficient (Wildman–Crippen LogP) is 1.49. The summed E-state index contributed by atoms with van der Waals surface area (Å²) >= 11 is 0. The number of carbonyl (C=O) groups excluding carboxylic acids is 1. The molecule has 5 heteroatoms. The number of nitrogens with one attached hydrogen (secondary N) is 1. The number of hydrogen-bond acceptors (Lipinski definition) is 2. The van der Waals surface area contributed by atoms with Gasteiger partial charge in [0.1, 0.15) is 5.82 Å². The summed E-state index contributed by atoms with van der Waals surface area (Å²) in [5.74, 6) is -0.408. The van der Waals surface area contributed by atoms with Crippen LogP contribution in [-0.4, -0.2) is 25.5 Å². The van der Waals surface area contributed by atoms with E-state index in [2.05, 4.69) is 5.32 Å². The van der Waals surface area contributed by atoms with Gasteiger partial charge in [0.15, 0.2) is 0 Å². The van der Waals surface area contributed by atoms with Crippen molar-refractivity contribution in [2.24, 2.45) is 0 Å². The summed E-state index contributed by atoms with van der Waals surface area (Å²) < 4.78 is 13.6. The lowest BCUT2D eigenvalue weighted by Gasteiger charge is -2.27. The van der Waals surface area contributed by atoms with Crippen LogP contribution in [0.15, 0.2) is 18.2 Å². The Morgan fingerprint density at radius 1 is 1.44 bits per heavy atom. The number of carbonyl (C=O) groups is 1. The number of piperazine rings is 1. The Hall–Kier alpha value is -1.13. The lowest BCUT2D eigenvalue weighted by atomic mass is 10.2. The van der Waals surface area contributed by atoms with Gasteiger partial charge in [0.05, 0.1) is 12.2 Å². The molecule has 1 aliphatic heterocycles. The topological polar surface area (TPSA) is 32.3 Å². The number of amides is 1. The molecule has 0 aromatic heterocycles. The van der Waals surface area contributed by atoms with Crippen LogP contribution in [0.4, 0.5) is 10.1 Å². The molecule has 1 aromatic carbocycles. The Kier molecular flexibility index (Phi) is 4.26. The van der Waals surface area contributed by atoms with E-state index in [1.54, 1.807) is 6.07 Å². The fourth-order valence-electron chi connectivity index (χ4n) is 1.69. The van der Waals surface area contributed by atoms with Gasteiger partial charge in [-0.05, 0) is 24.6 Å². The predicted molar refractivity (Wildman–Crippen MR) is 63.6 cm³/mol. The second-order valence-corrected chi connectivity index (χ2v) is 3.68. The molecule has 1 aromatic rings. The summed E-state index contributed by atoms with van der Waals surface area (Å²) in [4.78, 5) is 13.0. The molecule has 88 valence electrons. The van der Waals surface area contributed by atoms with Crippen LogP contribution in [-0.2, 0) is 4.79 Å². The summed E-state index contributed by atoms with van der Waals surface area (Å²) in [7, 11) is 0. The van der Waals surface area contributed by atoms with Gasteiger partial charge < -0.3 is 10.2 Å². The van der Waals surface area contributed by atoms with E-state index in [-0.39, 0.29) is 30.7 Å². The zero-order chi connectivity index (χ0) is 10.8. The summed E-state index contributed by atoms with van der Waals surface area (Å²) in [6.45, 7) is 3.34. The largest absolute Gasteiger partial charge is 0.307 e.